The normalized spacial score (nSPS) is 21.2. The van der Waals surface area contributed by atoms with Crippen molar-refractivity contribution in [3.63, 3.8) is 0 Å². The molecule has 0 saturated carbocycles. The number of likely N-dealkylation sites (tertiary alicyclic amines) is 1. The topological polar surface area (TPSA) is 69.9 Å². The highest BCUT2D eigenvalue weighted by molar-refractivity contribution is 5.92. The Balaban J connectivity index is 1.34. The van der Waals surface area contributed by atoms with Crippen LogP contribution < -0.4 is 0 Å². The van der Waals surface area contributed by atoms with Crippen molar-refractivity contribution in [1.29, 1.82) is 0 Å². The zero-order valence-electron chi connectivity index (χ0n) is 16.2. The smallest absolute Gasteiger partial charge is 0.276 e. The summed E-state index contributed by atoms with van der Waals surface area (Å²) >= 11 is 0. The zero-order chi connectivity index (χ0) is 19.5. The molecule has 0 spiro atoms. The first-order valence-corrected chi connectivity index (χ1v) is 9.91. The van der Waals surface area contributed by atoms with Crippen LogP contribution in [0.1, 0.15) is 34.7 Å². The molecule has 0 N–H and O–H groups in total. The fraction of sp³-hybridized carbons (Fsp3) is 0.476. The van der Waals surface area contributed by atoms with Gasteiger partial charge in [-0.25, -0.2) is 0 Å². The molecule has 2 amide bonds. The molecule has 7 nitrogen and oxygen atoms in total. The Morgan fingerprint density at radius 2 is 1.89 bits per heavy atom. The second-order valence-corrected chi connectivity index (χ2v) is 7.55. The highest BCUT2D eigenvalue weighted by Gasteiger charge is 2.35. The molecule has 148 valence electrons. The van der Waals surface area contributed by atoms with E-state index in [9.17, 15) is 9.59 Å². The fourth-order valence-electron chi connectivity index (χ4n) is 4.09. The van der Waals surface area contributed by atoms with Crippen molar-refractivity contribution < 1.29 is 14.1 Å². The van der Waals surface area contributed by atoms with Crippen molar-refractivity contribution in [2.24, 2.45) is 0 Å². The van der Waals surface area contributed by atoms with Crippen molar-refractivity contribution in [2.75, 3.05) is 32.7 Å². The monoisotopic (exact) mass is 382 g/mol. The molecular formula is C21H26N4O3. The maximum absolute atomic E-state index is 13.1. The predicted octanol–water partition coefficient (Wildman–Crippen LogP) is 1.93. The second-order valence-electron chi connectivity index (χ2n) is 7.55. The number of carbonyl (C=O) groups is 2. The van der Waals surface area contributed by atoms with Gasteiger partial charge in [-0.2, -0.15) is 0 Å². The van der Waals surface area contributed by atoms with E-state index in [1.54, 1.807) is 17.9 Å². The van der Waals surface area contributed by atoms with Gasteiger partial charge in [0.1, 0.15) is 5.76 Å². The third kappa shape index (κ3) is 3.94. The summed E-state index contributed by atoms with van der Waals surface area (Å²) < 4.78 is 5.01. The number of piperidine rings is 1. The van der Waals surface area contributed by atoms with E-state index >= 15 is 0 Å². The number of aromatic nitrogens is 1. The number of benzene rings is 1. The Hall–Kier alpha value is -2.67. The van der Waals surface area contributed by atoms with Gasteiger partial charge in [0.15, 0.2) is 5.69 Å². The third-order valence-electron chi connectivity index (χ3n) is 5.61. The molecule has 4 rings (SSSR count). The van der Waals surface area contributed by atoms with Gasteiger partial charge in [0.2, 0.25) is 5.91 Å². The average Bonchev–Trinajstić information content (AvgIpc) is 3.16. The Morgan fingerprint density at radius 3 is 2.57 bits per heavy atom. The minimum atomic E-state index is -0.0998. The van der Waals surface area contributed by atoms with E-state index in [1.165, 1.54) is 0 Å². The van der Waals surface area contributed by atoms with Crippen LogP contribution in [0.3, 0.4) is 0 Å². The van der Waals surface area contributed by atoms with Gasteiger partial charge in [-0.05, 0) is 25.3 Å². The molecule has 1 atom stereocenters. The first kappa shape index (κ1) is 18.7. The van der Waals surface area contributed by atoms with E-state index in [1.807, 2.05) is 23.1 Å². The predicted molar refractivity (Wildman–Crippen MR) is 104 cm³/mol. The molecule has 3 heterocycles. The Bertz CT molecular complexity index is 827. The molecule has 1 aromatic carbocycles. The summed E-state index contributed by atoms with van der Waals surface area (Å²) in [6, 6.07) is 11.7. The van der Waals surface area contributed by atoms with Crippen LogP contribution in [0.4, 0.5) is 0 Å². The number of aryl methyl sites for hydroxylation is 1. The minimum absolute atomic E-state index is 0.0796. The van der Waals surface area contributed by atoms with Gasteiger partial charge in [-0.1, -0.05) is 35.5 Å². The molecule has 2 fully saturated rings. The van der Waals surface area contributed by atoms with Gasteiger partial charge < -0.3 is 14.3 Å². The zero-order valence-corrected chi connectivity index (χ0v) is 16.2. The number of carbonyl (C=O) groups excluding carboxylic acids is 2. The molecule has 0 aliphatic carbocycles. The first-order chi connectivity index (χ1) is 13.6. The number of nitrogens with zero attached hydrogens (tertiary/aromatic N) is 4. The Kier molecular flexibility index (Phi) is 5.43. The van der Waals surface area contributed by atoms with Crippen LogP contribution in [0.2, 0.25) is 0 Å². The minimum Gasteiger partial charge on any atom is -0.361 e. The summed E-state index contributed by atoms with van der Waals surface area (Å²) in [5, 5.41) is 3.82. The molecule has 2 aliphatic heterocycles. The second kappa shape index (κ2) is 8.14. The van der Waals surface area contributed by atoms with Crippen LogP contribution in [0, 0.1) is 6.92 Å². The lowest BCUT2D eigenvalue weighted by Crippen LogP contribution is -2.58. The molecule has 2 aliphatic rings. The molecular weight excluding hydrogens is 356 g/mol. The van der Waals surface area contributed by atoms with E-state index in [0.717, 1.165) is 24.9 Å². The molecule has 2 saturated heterocycles. The molecule has 7 heteroatoms. The number of rotatable bonds is 4. The van der Waals surface area contributed by atoms with Crippen molar-refractivity contribution in [2.45, 2.75) is 32.4 Å². The summed E-state index contributed by atoms with van der Waals surface area (Å²) in [5.41, 5.74) is 1.52. The summed E-state index contributed by atoms with van der Waals surface area (Å²) in [6.45, 7) is 5.88. The number of amides is 2. The van der Waals surface area contributed by atoms with Crippen LogP contribution in [0.5, 0.6) is 0 Å². The van der Waals surface area contributed by atoms with Gasteiger partial charge in [0, 0.05) is 45.3 Å². The molecule has 0 bridgehead atoms. The van der Waals surface area contributed by atoms with E-state index in [0.29, 0.717) is 44.2 Å². The highest BCUT2D eigenvalue weighted by atomic mass is 16.5. The average molecular weight is 382 g/mol. The molecule has 0 unspecified atom stereocenters. The van der Waals surface area contributed by atoms with Crippen LogP contribution in [-0.4, -0.2) is 70.4 Å². The van der Waals surface area contributed by atoms with E-state index in [4.69, 9.17) is 4.52 Å². The summed E-state index contributed by atoms with van der Waals surface area (Å²) in [4.78, 5) is 31.6. The first-order valence-electron chi connectivity index (χ1n) is 9.91. The van der Waals surface area contributed by atoms with Gasteiger partial charge in [0.25, 0.3) is 5.91 Å². The largest absolute Gasteiger partial charge is 0.361 e. The van der Waals surface area contributed by atoms with Crippen LogP contribution >= 0.6 is 0 Å². The van der Waals surface area contributed by atoms with Gasteiger partial charge in [0.05, 0.1) is 6.04 Å². The maximum atomic E-state index is 13.1. The molecule has 0 radical (unpaired) electrons. The van der Waals surface area contributed by atoms with Crippen molar-refractivity contribution in [1.82, 2.24) is 19.9 Å². The number of piperazine rings is 1. The summed E-state index contributed by atoms with van der Waals surface area (Å²) in [5.74, 6) is 0.743. The number of hydrogen-bond acceptors (Lipinski definition) is 5. The van der Waals surface area contributed by atoms with Crippen molar-refractivity contribution >= 4 is 11.8 Å². The van der Waals surface area contributed by atoms with Crippen LogP contribution in [0.15, 0.2) is 40.9 Å². The molecule has 28 heavy (non-hydrogen) atoms. The summed E-state index contributed by atoms with van der Waals surface area (Å²) in [7, 11) is 0. The highest BCUT2D eigenvalue weighted by Crippen LogP contribution is 2.21. The standard InChI is InChI=1S/C21H26N4O3/c1-16-14-18(22-28-16)20(26)24-12-10-23(11-13-24)19-8-5-9-25(21(19)27)15-17-6-3-2-4-7-17/h2-4,6-7,14,19H,5,8-13,15H2,1H3/t19-/m1/s1. The lowest BCUT2D eigenvalue weighted by Gasteiger charge is -2.42. The van der Waals surface area contributed by atoms with Gasteiger partial charge >= 0.3 is 0 Å². The SMILES string of the molecule is Cc1cc(C(=O)N2CCN([C@@H]3CCCN(Cc4ccccc4)C3=O)CC2)no1. The van der Waals surface area contributed by atoms with E-state index < -0.39 is 0 Å². The van der Waals surface area contributed by atoms with Gasteiger partial charge in [-0.15, -0.1) is 0 Å². The Labute approximate surface area is 164 Å². The van der Waals surface area contributed by atoms with E-state index in [-0.39, 0.29) is 17.9 Å². The van der Waals surface area contributed by atoms with Crippen LogP contribution in [-0.2, 0) is 11.3 Å². The lowest BCUT2D eigenvalue weighted by atomic mass is 10.0. The lowest BCUT2D eigenvalue weighted by molar-refractivity contribution is -0.141. The Morgan fingerprint density at radius 1 is 1.14 bits per heavy atom. The van der Waals surface area contributed by atoms with Gasteiger partial charge in [-0.3, -0.25) is 14.5 Å². The molecule has 1 aromatic heterocycles. The van der Waals surface area contributed by atoms with E-state index in [2.05, 4.69) is 22.2 Å². The van der Waals surface area contributed by atoms with Crippen LogP contribution in [0.25, 0.3) is 0 Å². The summed E-state index contributed by atoms with van der Waals surface area (Å²) in [6.07, 6.45) is 1.90. The fourth-order valence-corrected chi connectivity index (χ4v) is 4.09. The quantitative estimate of drug-likeness (QED) is 0.808. The molecule has 2 aromatic rings. The third-order valence-corrected chi connectivity index (χ3v) is 5.61. The van der Waals surface area contributed by atoms with Crippen molar-refractivity contribution in [3.8, 4) is 0 Å². The maximum Gasteiger partial charge on any atom is 0.276 e. The number of hydrogen-bond donors (Lipinski definition) is 0. The van der Waals surface area contributed by atoms with Crippen molar-refractivity contribution in [3.05, 3.63) is 53.4 Å².